The van der Waals surface area contributed by atoms with Crippen LogP contribution >= 0.6 is 11.3 Å². The summed E-state index contributed by atoms with van der Waals surface area (Å²) in [6.45, 7) is 7.61. The van der Waals surface area contributed by atoms with Crippen molar-refractivity contribution in [2.75, 3.05) is 0 Å². The fourth-order valence-electron chi connectivity index (χ4n) is 2.95. The predicted molar refractivity (Wildman–Crippen MR) is 111 cm³/mol. The molecule has 0 bridgehead atoms. The summed E-state index contributed by atoms with van der Waals surface area (Å²) in [5.74, 6) is -0.478. The Labute approximate surface area is 168 Å². The van der Waals surface area contributed by atoms with Crippen molar-refractivity contribution in [1.82, 2.24) is 20.4 Å². The molecule has 0 aliphatic carbocycles. The van der Waals surface area contributed by atoms with Crippen molar-refractivity contribution >= 4 is 23.2 Å². The second-order valence-electron chi connectivity index (χ2n) is 6.84. The molecule has 2 N–H and O–H groups in total. The minimum Gasteiger partial charge on any atom is -0.348 e. The molecule has 0 aliphatic heterocycles. The molecule has 0 radical (unpaired) electrons. The highest BCUT2D eigenvalue weighted by Crippen LogP contribution is 2.20. The Bertz CT molecular complexity index is 961. The molecule has 0 saturated carbocycles. The number of hydrogen-bond acceptors (Lipinski definition) is 4. The number of aromatic nitrogens is 2. The average molecular weight is 397 g/mol. The van der Waals surface area contributed by atoms with Crippen molar-refractivity contribution in [3.05, 3.63) is 69.7 Å². The topological polar surface area (TPSA) is 76.0 Å². The quantitative estimate of drug-likeness (QED) is 0.669. The molecule has 3 rings (SSSR count). The van der Waals surface area contributed by atoms with Gasteiger partial charge in [0.2, 0.25) is 5.91 Å². The molecular weight excluding hydrogens is 372 g/mol. The van der Waals surface area contributed by atoms with Gasteiger partial charge in [0, 0.05) is 11.3 Å². The average Bonchev–Trinajstić information content (AvgIpc) is 3.32. The maximum absolute atomic E-state index is 12.5. The van der Waals surface area contributed by atoms with E-state index in [1.165, 1.54) is 16.9 Å². The molecule has 0 unspecified atom stereocenters. The van der Waals surface area contributed by atoms with Gasteiger partial charge in [0.25, 0.3) is 5.91 Å². The standard InChI is InChI=1S/C21H24N4O2S/c1-13-7-9-17(10-8-13)25-16(4)18(12-22-25)14(2)23-20(26)15(3)24-21(27)19-6-5-11-28-19/h5-12,14-15H,1-4H3,(H,23,26)(H,24,27)/t14-,15+/m1/s1. The summed E-state index contributed by atoms with van der Waals surface area (Å²) in [5, 5.41) is 12.0. The second-order valence-corrected chi connectivity index (χ2v) is 7.78. The highest BCUT2D eigenvalue weighted by atomic mass is 32.1. The number of thiophene rings is 1. The molecule has 1 aromatic carbocycles. The van der Waals surface area contributed by atoms with Crippen LogP contribution in [0.3, 0.4) is 0 Å². The maximum Gasteiger partial charge on any atom is 0.261 e. The lowest BCUT2D eigenvalue weighted by atomic mass is 10.1. The lowest BCUT2D eigenvalue weighted by Gasteiger charge is -2.18. The van der Waals surface area contributed by atoms with Crippen LogP contribution in [0.1, 0.15) is 46.4 Å². The van der Waals surface area contributed by atoms with E-state index in [1.54, 1.807) is 25.3 Å². The van der Waals surface area contributed by atoms with Gasteiger partial charge in [-0.25, -0.2) is 4.68 Å². The molecule has 0 spiro atoms. The normalized spacial score (nSPS) is 13.0. The van der Waals surface area contributed by atoms with Gasteiger partial charge < -0.3 is 10.6 Å². The van der Waals surface area contributed by atoms with Crippen molar-refractivity contribution in [3.63, 3.8) is 0 Å². The first-order valence-electron chi connectivity index (χ1n) is 9.13. The number of amides is 2. The van der Waals surface area contributed by atoms with Crippen LogP contribution < -0.4 is 10.6 Å². The lowest BCUT2D eigenvalue weighted by Crippen LogP contribution is -2.45. The summed E-state index contributed by atoms with van der Waals surface area (Å²) < 4.78 is 1.86. The molecule has 3 aromatic rings. The molecule has 2 aromatic heterocycles. The Balaban J connectivity index is 1.65. The van der Waals surface area contributed by atoms with Gasteiger partial charge in [0.15, 0.2) is 0 Å². The van der Waals surface area contributed by atoms with E-state index in [4.69, 9.17) is 0 Å². The zero-order valence-corrected chi connectivity index (χ0v) is 17.2. The molecule has 0 saturated heterocycles. The van der Waals surface area contributed by atoms with E-state index in [-0.39, 0.29) is 17.9 Å². The van der Waals surface area contributed by atoms with Gasteiger partial charge in [-0.2, -0.15) is 5.10 Å². The van der Waals surface area contributed by atoms with Gasteiger partial charge in [-0.05, 0) is 51.3 Å². The first-order chi connectivity index (χ1) is 13.4. The van der Waals surface area contributed by atoms with Gasteiger partial charge >= 0.3 is 0 Å². The van der Waals surface area contributed by atoms with E-state index in [0.29, 0.717) is 4.88 Å². The van der Waals surface area contributed by atoms with E-state index in [9.17, 15) is 9.59 Å². The SMILES string of the molecule is Cc1ccc(-n2ncc([C@@H](C)NC(=O)[C@H](C)NC(=O)c3cccs3)c2C)cc1. The van der Waals surface area contributed by atoms with Gasteiger partial charge in [-0.1, -0.05) is 23.8 Å². The predicted octanol–water partition coefficient (Wildman–Crippen LogP) is 3.55. The monoisotopic (exact) mass is 396 g/mol. The highest BCUT2D eigenvalue weighted by Gasteiger charge is 2.21. The lowest BCUT2D eigenvalue weighted by molar-refractivity contribution is -0.123. The summed E-state index contributed by atoms with van der Waals surface area (Å²) in [5.41, 5.74) is 4.06. The second kappa shape index (κ2) is 8.39. The number of nitrogens with zero attached hydrogens (tertiary/aromatic N) is 2. The summed E-state index contributed by atoms with van der Waals surface area (Å²) in [6.07, 6.45) is 1.77. The van der Waals surface area contributed by atoms with Crippen LogP contribution in [0, 0.1) is 13.8 Å². The number of carbonyl (C=O) groups is 2. The molecule has 6 nitrogen and oxygen atoms in total. The Morgan fingerprint density at radius 1 is 1.07 bits per heavy atom. The Morgan fingerprint density at radius 3 is 2.43 bits per heavy atom. The maximum atomic E-state index is 12.5. The molecule has 146 valence electrons. The number of carbonyl (C=O) groups excluding carboxylic acids is 2. The molecule has 0 aliphatic rings. The number of aryl methyl sites for hydroxylation is 1. The molecular formula is C21H24N4O2S. The zero-order chi connectivity index (χ0) is 20.3. The number of rotatable bonds is 6. The number of nitrogens with one attached hydrogen (secondary N) is 2. The molecule has 2 atom stereocenters. The summed E-state index contributed by atoms with van der Waals surface area (Å²) >= 11 is 1.34. The van der Waals surface area contributed by atoms with Crippen LogP contribution in [0.15, 0.2) is 48.0 Å². The summed E-state index contributed by atoms with van der Waals surface area (Å²) in [6, 6.07) is 10.8. The van der Waals surface area contributed by atoms with Crippen molar-refractivity contribution < 1.29 is 9.59 Å². The van der Waals surface area contributed by atoms with Crippen molar-refractivity contribution in [3.8, 4) is 5.69 Å². The first-order valence-corrected chi connectivity index (χ1v) is 10.0. The minimum atomic E-state index is -0.635. The third kappa shape index (κ3) is 4.31. The van der Waals surface area contributed by atoms with Crippen LogP contribution in [0.4, 0.5) is 0 Å². The fourth-order valence-corrected chi connectivity index (χ4v) is 3.58. The van der Waals surface area contributed by atoms with Crippen LogP contribution in [-0.4, -0.2) is 27.6 Å². The molecule has 7 heteroatoms. The van der Waals surface area contributed by atoms with Gasteiger partial charge in [-0.15, -0.1) is 11.3 Å². The van der Waals surface area contributed by atoms with Crippen LogP contribution in [0.5, 0.6) is 0 Å². The van der Waals surface area contributed by atoms with Crippen molar-refractivity contribution in [1.29, 1.82) is 0 Å². The van der Waals surface area contributed by atoms with Crippen molar-refractivity contribution in [2.45, 2.75) is 39.8 Å². The first kappa shape index (κ1) is 19.8. The molecule has 0 fully saturated rings. The molecule has 2 amide bonds. The Morgan fingerprint density at radius 2 is 1.79 bits per heavy atom. The van der Waals surface area contributed by atoms with E-state index >= 15 is 0 Å². The van der Waals surface area contributed by atoms with E-state index in [1.807, 2.05) is 55.1 Å². The van der Waals surface area contributed by atoms with Crippen molar-refractivity contribution in [2.24, 2.45) is 0 Å². The smallest absolute Gasteiger partial charge is 0.261 e. The molecule has 28 heavy (non-hydrogen) atoms. The van der Waals surface area contributed by atoms with Gasteiger partial charge in [0.05, 0.1) is 22.8 Å². The largest absolute Gasteiger partial charge is 0.348 e. The molecule has 2 heterocycles. The van der Waals surface area contributed by atoms with E-state index < -0.39 is 6.04 Å². The van der Waals surface area contributed by atoms with Crippen LogP contribution in [0.25, 0.3) is 5.69 Å². The minimum absolute atomic E-state index is 0.229. The summed E-state index contributed by atoms with van der Waals surface area (Å²) in [7, 11) is 0. The summed E-state index contributed by atoms with van der Waals surface area (Å²) in [4.78, 5) is 25.2. The third-order valence-corrected chi connectivity index (χ3v) is 5.51. The van der Waals surface area contributed by atoms with Gasteiger partial charge in [0.1, 0.15) is 6.04 Å². The van der Waals surface area contributed by atoms with E-state index in [0.717, 1.165) is 16.9 Å². The third-order valence-electron chi connectivity index (χ3n) is 4.64. The Kier molecular flexibility index (Phi) is 5.94. The zero-order valence-electron chi connectivity index (χ0n) is 16.4. The fraction of sp³-hybridized carbons (Fsp3) is 0.286. The highest BCUT2D eigenvalue weighted by molar-refractivity contribution is 7.12. The Hall–Kier alpha value is -2.93. The van der Waals surface area contributed by atoms with Crippen LogP contribution in [0.2, 0.25) is 0 Å². The van der Waals surface area contributed by atoms with Crippen LogP contribution in [-0.2, 0) is 4.79 Å². The number of benzene rings is 1. The number of hydrogen-bond donors (Lipinski definition) is 2. The van der Waals surface area contributed by atoms with E-state index in [2.05, 4.69) is 15.7 Å². The van der Waals surface area contributed by atoms with Gasteiger partial charge in [-0.3, -0.25) is 9.59 Å².